The number of benzene rings is 1. The summed E-state index contributed by atoms with van der Waals surface area (Å²) in [6.45, 7) is 2.08. The van der Waals surface area contributed by atoms with Crippen molar-refractivity contribution in [2.24, 2.45) is 5.10 Å². The number of thioether (sulfide) groups is 1. The van der Waals surface area contributed by atoms with Gasteiger partial charge in [0.25, 0.3) is 0 Å². The van der Waals surface area contributed by atoms with Gasteiger partial charge in [-0.05, 0) is 18.2 Å². The first-order valence-electron chi connectivity index (χ1n) is 4.74. The molecule has 80 valence electrons. The van der Waals surface area contributed by atoms with Gasteiger partial charge in [-0.15, -0.1) is 0 Å². The molecule has 0 heterocycles. The summed E-state index contributed by atoms with van der Waals surface area (Å²) in [5.74, 6) is 0. The molecule has 0 aliphatic rings. The van der Waals surface area contributed by atoms with Gasteiger partial charge in [0.05, 0.1) is 5.71 Å². The Morgan fingerprint density at radius 1 is 1.40 bits per heavy atom. The van der Waals surface area contributed by atoms with Crippen LogP contribution in [0.3, 0.4) is 0 Å². The molecule has 2 nitrogen and oxygen atoms in total. The van der Waals surface area contributed by atoms with Gasteiger partial charge in [0, 0.05) is 0 Å². The first kappa shape index (κ1) is 12.2. The summed E-state index contributed by atoms with van der Waals surface area (Å²) in [6.07, 6.45) is 2.81. The van der Waals surface area contributed by atoms with E-state index < -0.39 is 0 Å². The highest BCUT2D eigenvalue weighted by molar-refractivity contribution is 8.22. The highest BCUT2D eigenvalue weighted by Crippen LogP contribution is 2.04. The maximum absolute atomic E-state index is 5.02. The fraction of sp³-hybridized carbons (Fsp3) is 0.273. The van der Waals surface area contributed by atoms with Crippen molar-refractivity contribution in [3.05, 3.63) is 35.9 Å². The number of hydrogen-bond acceptors (Lipinski definition) is 3. The van der Waals surface area contributed by atoms with E-state index in [0.717, 1.165) is 17.7 Å². The number of thiocarbonyl (C=S) groups is 1. The summed E-state index contributed by atoms with van der Waals surface area (Å²) in [7, 11) is 0. The molecule has 0 amide bonds. The Morgan fingerprint density at radius 2 is 2.07 bits per heavy atom. The molecule has 0 bridgehead atoms. The Morgan fingerprint density at radius 3 is 2.60 bits per heavy atom. The normalized spacial score (nSPS) is 11.2. The van der Waals surface area contributed by atoms with Crippen molar-refractivity contribution < 1.29 is 0 Å². The van der Waals surface area contributed by atoms with Gasteiger partial charge in [-0.3, -0.25) is 5.43 Å². The molecule has 0 spiro atoms. The fourth-order valence-electron chi connectivity index (χ4n) is 1.14. The second-order valence-corrected chi connectivity index (χ2v) is 4.36. The zero-order valence-corrected chi connectivity index (χ0v) is 10.5. The summed E-state index contributed by atoms with van der Waals surface area (Å²) in [4.78, 5) is 0. The van der Waals surface area contributed by atoms with E-state index >= 15 is 0 Å². The molecule has 1 rings (SSSR count). The van der Waals surface area contributed by atoms with Crippen LogP contribution in [-0.2, 0) is 0 Å². The fourth-order valence-corrected chi connectivity index (χ4v) is 1.32. The van der Waals surface area contributed by atoms with Gasteiger partial charge in [-0.1, -0.05) is 61.2 Å². The number of hydrazone groups is 1. The van der Waals surface area contributed by atoms with Crippen molar-refractivity contribution in [3.8, 4) is 0 Å². The van der Waals surface area contributed by atoms with Gasteiger partial charge in [-0.25, -0.2) is 0 Å². The van der Waals surface area contributed by atoms with Gasteiger partial charge in [-0.2, -0.15) is 5.10 Å². The molecule has 1 aromatic carbocycles. The van der Waals surface area contributed by atoms with E-state index in [2.05, 4.69) is 17.5 Å². The number of nitrogens with one attached hydrogen (secondary N) is 1. The monoisotopic (exact) mass is 238 g/mol. The van der Waals surface area contributed by atoms with E-state index in [9.17, 15) is 0 Å². The SMILES string of the molecule is CCC(=NNC(=S)SC)c1ccccc1. The molecule has 0 fully saturated rings. The highest BCUT2D eigenvalue weighted by Gasteiger charge is 1.99. The van der Waals surface area contributed by atoms with Crippen LogP contribution in [0.2, 0.25) is 0 Å². The minimum Gasteiger partial charge on any atom is -0.262 e. The Labute approximate surface area is 100 Å². The third-order valence-electron chi connectivity index (χ3n) is 1.91. The maximum atomic E-state index is 5.02. The molecule has 0 atom stereocenters. The molecule has 1 N–H and O–H groups in total. The van der Waals surface area contributed by atoms with Gasteiger partial charge in [0.2, 0.25) is 0 Å². The van der Waals surface area contributed by atoms with Crippen LogP contribution >= 0.6 is 24.0 Å². The Bertz CT molecular complexity index is 347. The maximum Gasteiger partial charge on any atom is 0.153 e. The number of rotatable bonds is 3. The molecule has 0 aliphatic heterocycles. The van der Waals surface area contributed by atoms with Crippen molar-refractivity contribution in [2.75, 3.05) is 6.26 Å². The van der Waals surface area contributed by atoms with Crippen LogP contribution in [0.4, 0.5) is 0 Å². The van der Waals surface area contributed by atoms with Crippen LogP contribution in [0.5, 0.6) is 0 Å². The third-order valence-corrected chi connectivity index (χ3v) is 2.96. The van der Waals surface area contributed by atoms with Gasteiger partial charge >= 0.3 is 0 Å². The van der Waals surface area contributed by atoms with Crippen LogP contribution in [0, 0.1) is 0 Å². The van der Waals surface area contributed by atoms with Crippen molar-refractivity contribution in [1.29, 1.82) is 0 Å². The first-order chi connectivity index (χ1) is 7.27. The molecule has 0 radical (unpaired) electrons. The Balaban J connectivity index is 2.76. The van der Waals surface area contributed by atoms with E-state index in [1.54, 1.807) is 0 Å². The minimum atomic E-state index is 0.692. The molecule has 0 unspecified atom stereocenters. The smallest absolute Gasteiger partial charge is 0.153 e. The highest BCUT2D eigenvalue weighted by atomic mass is 32.2. The second-order valence-electron chi connectivity index (χ2n) is 2.88. The first-order valence-corrected chi connectivity index (χ1v) is 6.37. The third kappa shape index (κ3) is 4.01. The van der Waals surface area contributed by atoms with Gasteiger partial charge < -0.3 is 0 Å². The summed E-state index contributed by atoms with van der Waals surface area (Å²) in [6, 6.07) is 10.1. The van der Waals surface area contributed by atoms with Crippen molar-refractivity contribution in [1.82, 2.24) is 5.43 Å². The lowest BCUT2D eigenvalue weighted by Crippen LogP contribution is -2.14. The minimum absolute atomic E-state index is 0.692. The summed E-state index contributed by atoms with van der Waals surface area (Å²) in [5, 5.41) is 4.29. The van der Waals surface area contributed by atoms with Gasteiger partial charge in [0.1, 0.15) is 0 Å². The van der Waals surface area contributed by atoms with Crippen molar-refractivity contribution in [2.45, 2.75) is 13.3 Å². The Hall–Kier alpha value is -0.870. The largest absolute Gasteiger partial charge is 0.262 e. The number of hydrogen-bond donors (Lipinski definition) is 1. The summed E-state index contributed by atoms with van der Waals surface area (Å²) in [5.41, 5.74) is 5.02. The predicted octanol–water partition coefficient (Wildman–Crippen LogP) is 3.04. The molecule has 15 heavy (non-hydrogen) atoms. The van der Waals surface area contributed by atoms with E-state index in [4.69, 9.17) is 12.2 Å². The van der Waals surface area contributed by atoms with Crippen LogP contribution in [0.25, 0.3) is 0 Å². The standard InChI is InChI=1S/C11H14N2S2/c1-3-10(12-13-11(14)15-2)9-7-5-4-6-8-9/h4-8H,3H2,1-2H3,(H,13,14). The van der Waals surface area contributed by atoms with Crippen LogP contribution in [-0.4, -0.2) is 16.3 Å². The number of nitrogens with zero attached hydrogens (tertiary/aromatic N) is 1. The summed E-state index contributed by atoms with van der Waals surface area (Å²) >= 11 is 6.50. The average molecular weight is 238 g/mol. The Kier molecular flexibility index (Phi) is 5.36. The van der Waals surface area contributed by atoms with Crippen molar-refractivity contribution >= 4 is 34.0 Å². The molecule has 0 aliphatic carbocycles. The summed E-state index contributed by atoms with van der Waals surface area (Å²) < 4.78 is 0.692. The second kappa shape index (κ2) is 6.58. The molecular weight excluding hydrogens is 224 g/mol. The van der Waals surface area contributed by atoms with Crippen LogP contribution in [0.15, 0.2) is 35.4 Å². The molecule has 0 saturated heterocycles. The van der Waals surface area contributed by atoms with Crippen LogP contribution < -0.4 is 5.43 Å². The van der Waals surface area contributed by atoms with E-state index in [-0.39, 0.29) is 0 Å². The topological polar surface area (TPSA) is 24.4 Å². The zero-order chi connectivity index (χ0) is 11.1. The molecule has 1 aromatic rings. The molecule has 4 heteroatoms. The lowest BCUT2D eigenvalue weighted by atomic mass is 10.1. The van der Waals surface area contributed by atoms with E-state index in [1.165, 1.54) is 11.8 Å². The molecular formula is C11H14N2S2. The van der Waals surface area contributed by atoms with E-state index in [1.807, 2.05) is 36.6 Å². The van der Waals surface area contributed by atoms with Gasteiger partial charge in [0.15, 0.2) is 4.32 Å². The van der Waals surface area contributed by atoms with Crippen molar-refractivity contribution in [3.63, 3.8) is 0 Å². The molecule has 0 aromatic heterocycles. The quantitative estimate of drug-likeness (QED) is 0.497. The predicted molar refractivity (Wildman–Crippen MR) is 72.5 cm³/mol. The average Bonchev–Trinajstić information content (AvgIpc) is 2.31. The zero-order valence-electron chi connectivity index (χ0n) is 8.86. The van der Waals surface area contributed by atoms with E-state index in [0.29, 0.717) is 4.32 Å². The lowest BCUT2D eigenvalue weighted by Gasteiger charge is -2.04. The van der Waals surface area contributed by atoms with Crippen LogP contribution in [0.1, 0.15) is 18.9 Å². The lowest BCUT2D eigenvalue weighted by molar-refractivity contribution is 1.04. The molecule has 0 saturated carbocycles.